The van der Waals surface area contributed by atoms with E-state index >= 15 is 0 Å². The lowest BCUT2D eigenvalue weighted by atomic mass is 9.86. The maximum Gasteiger partial charge on any atom is 0.226 e. The Bertz CT molecular complexity index is 614. The highest BCUT2D eigenvalue weighted by Crippen LogP contribution is 2.26. The molecule has 1 aromatic carbocycles. The smallest absolute Gasteiger partial charge is 0.226 e. The third kappa shape index (κ3) is 4.33. The average molecular weight is 318 g/mol. The highest BCUT2D eigenvalue weighted by molar-refractivity contribution is 5.54. The quantitative estimate of drug-likeness (QED) is 0.886. The molecule has 2 rings (SSSR count). The number of oxazole rings is 1. The Balaban J connectivity index is 2.09. The van der Waals surface area contributed by atoms with Crippen molar-refractivity contribution in [1.29, 1.82) is 0 Å². The monoisotopic (exact) mass is 318 g/mol. The van der Waals surface area contributed by atoms with E-state index in [4.69, 9.17) is 9.15 Å². The molecule has 0 aliphatic carbocycles. The van der Waals surface area contributed by atoms with Crippen molar-refractivity contribution < 1.29 is 14.3 Å². The molecule has 0 saturated carbocycles. The first-order valence-electron chi connectivity index (χ1n) is 7.75. The maximum absolute atomic E-state index is 9.65. The van der Waals surface area contributed by atoms with Gasteiger partial charge in [-0.15, -0.1) is 0 Å². The van der Waals surface area contributed by atoms with Gasteiger partial charge in [-0.3, -0.25) is 4.90 Å². The molecule has 1 N–H and O–H groups in total. The van der Waals surface area contributed by atoms with Crippen molar-refractivity contribution in [3.8, 4) is 17.2 Å². The molecular formula is C18H26N2O3. The Kier molecular flexibility index (Phi) is 5.44. The number of hydrogen-bond acceptors (Lipinski definition) is 5. The second-order valence-electron chi connectivity index (χ2n) is 6.85. The molecule has 1 heterocycles. The molecule has 0 radical (unpaired) electrons. The van der Waals surface area contributed by atoms with Crippen LogP contribution in [-0.4, -0.2) is 41.8 Å². The molecule has 5 nitrogen and oxygen atoms in total. The van der Waals surface area contributed by atoms with Gasteiger partial charge >= 0.3 is 0 Å². The summed E-state index contributed by atoms with van der Waals surface area (Å²) in [4.78, 5) is 6.65. The molecule has 126 valence electrons. The van der Waals surface area contributed by atoms with Crippen molar-refractivity contribution >= 4 is 0 Å². The molecule has 0 aliphatic rings. The van der Waals surface area contributed by atoms with Crippen LogP contribution >= 0.6 is 0 Å². The molecule has 0 fully saturated rings. The number of aliphatic hydroxyl groups excluding tert-OH is 1. The molecule has 1 atom stereocenters. The Hall–Kier alpha value is -1.85. The normalized spacial score (nSPS) is 13.3. The standard InChI is InChI=1S/C18H26N2O3/c1-18(2,3)16(11-21)20(4)10-14-12-23-17(19-14)13-6-8-15(22-5)9-7-13/h6-9,12,16,21H,10-11H2,1-5H3/t16-/m1/s1. The van der Waals surface area contributed by atoms with Crippen molar-refractivity contribution in [2.24, 2.45) is 5.41 Å². The van der Waals surface area contributed by atoms with Crippen LogP contribution in [-0.2, 0) is 6.54 Å². The second kappa shape index (κ2) is 7.15. The third-order valence-corrected chi connectivity index (χ3v) is 4.00. The van der Waals surface area contributed by atoms with E-state index in [9.17, 15) is 5.11 Å². The van der Waals surface area contributed by atoms with Gasteiger partial charge in [-0.2, -0.15) is 0 Å². The number of nitrogens with zero attached hydrogens (tertiary/aromatic N) is 2. The molecular weight excluding hydrogens is 292 g/mol. The van der Waals surface area contributed by atoms with Gasteiger partial charge in [0.15, 0.2) is 0 Å². The first-order chi connectivity index (χ1) is 10.8. The van der Waals surface area contributed by atoms with Gasteiger partial charge in [-0.1, -0.05) is 20.8 Å². The Morgan fingerprint density at radius 1 is 1.26 bits per heavy atom. The molecule has 1 aromatic heterocycles. The van der Waals surface area contributed by atoms with Crippen molar-refractivity contribution in [3.05, 3.63) is 36.2 Å². The SMILES string of the molecule is COc1ccc(-c2nc(CN(C)[C@H](CO)C(C)(C)C)co2)cc1. The summed E-state index contributed by atoms with van der Waals surface area (Å²) in [7, 11) is 3.63. The number of methoxy groups -OCH3 is 1. The Morgan fingerprint density at radius 2 is 1.91 bits per heavy atom. The zero-order valence-electron chi connectivity index (χ0n) is 14.5. The molecule has 0 bridgehead atoms. The predicted octanol–water partition coefficient (Wildman–Crippen LogP) is 3.19. The second-order valence-corrected chi connectivity index (χ2v) is 6.85. The van der Waals surface area contributed by atoms with Crippen LogP contribution in [0.2, 0.25) is 0 Å². The van der Waals surface area contributed by atoms with Gasteiger partial charge in [0.05, 0.1) is 19.4 Å². The van der Waals surface area contributed by atoms with Gasteiger partial charge in [-0.05, 0) is 36.7 Å². The highest BCUT2D eigenvalue weighted by atomic mass is 16.5. The summed E-state index contributed by atoms with van der Waals surface area (Å²) in [6, 6.07) is 7.66. The van der Waals surface area contributed by atoms with E-state index in [1.807, 2.05) is 31.3 Å². The fraction of sp³-hybridized carbons (Fsp3) is 0.500. The largest absolute Gasteiger partial charge is 0.497 e. The summed E-state index contributed by atoms with van der Waals surface area (Å²) < 4.78 is 10.7. The van der Waals surface area contributed by atoms with Gasteiger partial charge in [0.1, 0.15) is 12.0 Å². The van der Waals surface area contributed by atoms with Crippen LogP contribution in [0.1, 0.15) is 26.5 Å². The summed E-state index contributed by atoms with van der Waals surface area (Å²) in [5.41, 5.74) is 1.75. The van der Waals surface area contributed by atoms with Crippen molar-refractivity contribution in [3.63, 3.8) is 0 Å². The predicted molar refractivity (Wildman–Crippen MR) is 90.3 cm³/mol. The molecule has 0 saturated heterocycles. The topological polar surface area (TPSA) is 58.7 Å². The first kappa shape index (κ1) is 17.5. The van der Waals surface area contributed by atoms with E-state index < -0.39 is 0 Å². The lowest BCUT2D eigenvalue weighted by Crippen LogP contribution is -2.44. The van der Waals surface area contributed by atoms with E-state index in [2.05, 4.69) is 30.7 Å². The minimum atomic E-state index is -0.00789. The number of aliphatic hydroxyl groups is 1. The fourth-order valence-electron chi connectivity index (χ4n) is 2.69. The van der Waals surface area contributed by atoms with Crippen LogP contribution in [0.25, 0.3) is 11.5 Å². The van der Waals surface area contributed by atoms with Gasteiger partial charge in [0.25, 0.3) is 0 Å². The third-order valence-electron chi connectivity index (χ3n) is 4.00. The minimum absolute atomic E-state index is 0.00789. The van der Waals surface area contributed by atoms with Gasteiger partial charge in [-0.25, -0.2) is 4.98 Å². The summed E-state index contributed by atoms with van der Waals surface area (Å²) in [6.07, 6.45) is 1.67. The molecule has 0 aliphatic heterocycles. The highest BCUT2D eigenvalue weighted by Gasteiger charge is 2.28. The molecule has 5 heteroatoms. The van der Waals surface area contributed by atoms with Crippen LogP contribution in [0.5, 0.6) is 5.75 Å². The van der Waals surface area contributed by atoms with Crippen molar-refractivity contribution in [1.82, 2.24) is 9.88 Å². The van der Waals surface area contributed by atoms with Crippen molar-refractivity contribution in [2.75, 3.05) is 20.8 Å². The van der Waals surface area contributed by atoms with E-state index in [0.29, 0.717) is 12.4 Å². The van der Waals surface area contributed by atoms with E-state index in [0.717, 1.165) is 17.0 Å². The lowest BCUT2D eigenvalue weighted by Gasteiger charge is -2.36. The number of hydrogen-bond donors (Lipinski definition) is 1. The summed E-state index contributed by atoms with van der Waals surface area (Å²) in [5, 5.41) is 9.65. The van der Waals surface area contributed by atoms with Crippen LogP contribution < -0.4 is 4.74 Å². The number of ether oxygens (including phenoxy) is 1. The maximum atomic E-state index is 9.65. The molecule has 23 heavy (non-hydrogen) atoms. The van der Waals surface area contributed by atoms with E-state index in [1.165, 1.54) is 0 Å². The van der Waals surface area contributed by atoms with E-state index in [1.54, 1.807) is 13.4 Å². The number of rotatable bonds is 6. The van der Waals surface area contributed by atoms with Gasteiger partial charge < -0.3 is 14.3 Å². The zero-order valence-corrected chi connectivity index (χ0v) is 14.5. The average Bonchev–Trinajstić information content (AvgIpc) is 2.95. The molecule has 0 unspecified atom stereocenters. The Labute approximate surface area is 137 Å². The van der Waals surface area contributed by atoms with Crippen LogP contribution in [0.15, 0.2) is 34.9 Å². The van der Waals surface area contributed by atoms with E-state index in [-0.39, 0.29) is 18.1 Å². The number of aromatic nitrogens is 1. The van der Waals surface area contributed by atoms with Crippen molar-refractivity contribution in [2.45, 2.75) is 33.4 Å². The number of likely N-dealkylation sites (N-methyl/N-ethyl adjacent to an activating group) is 1. The summed E-state index contributed by atoms with van der Waals surface area (Å²) in [6.45, 7) is 7.10. The minimum Gasteiger partial charge on any atom is -0.497 e. The fourth-order valence-corrected chi connectivity index (χ4v) is 2.69. The van der Waals surface area contributed by atoms with Crippen LogP contribution in [0.3, 0.4) is 0 Å². The summed E-state index contributed by atoms with van der Waals surface area (Å²) >= 11 is 0. The molecule has 0 spiro atoms. The molecule has 0 amide bonds. The lowest BCUT2D eigenvalue weighted by molar-refractivity contribution is 0.0606. The van der Waals surface area contributed by atoms with Crippen LogP contribution in [0, 0.1) is 5.41 Å². The number of benzene rings is 1. The molecule has 2 aromatic rings. The zero-order chi connectivity index (χ0) is 17.0. The van der Waals surface area contributed by atoms with Gasteiger partial charge in [0.2, 0.25) is 5.89 Å². The van der Waals surface area contributed by atoms with Gasteiger partial charge in [0, 0.05) is 18.2 Å². The Morgan fingerprint density at radius 3 is 2.43 bits per heavy atom. The first-order valence-corrected chi connectivity index (χ1v) is 7.75. The van der Waals surface area contributed by atoms with Crippen LogP contribution in [0.4, 0.5) is 0 Å². The summed E-state index contributed by atoms with van der Waals surface area (Å²) in [5.74, 6) is 1.39.